The summed E-state index contributed by atoms with van der Waals surface area (Å²) in [5.41, 5.74) is 3.63. The molecule has 0 N–H and O–H groups in total. The molecule has 0 radical (unpaired) electrons. The van der Waals surface area contributed by atoms with Crippen LogP contribution in [0.4, 0.5) is 0 Å². The molecule has 2 aromatic rings. The number of carbonyl (C=O) groups is 1. The van der Waals surface area contributed by atoms with Crippen LogP contribution in [0.1, 0.15) is 29.7 Å². The Morgan fingerprint density at radius 1 is 1.14 bits per heavy atom. The van der Waals surface area contributed by atoms with Crippen molar-refractivity contribution in [2.75, 3.05) is 6.54 Å². The van der Waals surface area contributed by atoms with Gasteiger partial charge in [-0.25, -0.2) is 0 Å². The van der Waals surface area contributed by atoms with E-state index in [-0.39, 0.29) is 11.9 Å². The summed E-state index contributed by atoms with van der Waals surface area (Å²) in [6, 6.07) is 18.7. The van der Waals surface area contributed by atoms with Gasteiger partial charge in [-0.05, 0) is 24.5 Å². The lowest BCUT2D eigenvalue weighted by Gasteiger charge is -2.31. The van der Waals surface area contributed by atoms with Gasteiger partial charge in [-0.2, -0.15) is 0 Å². The number of hydrogen-bond donors (Lipinski definition) is 0. The number of benzene rings is 2. The molecule has 0 aliphatic rings. The van der Waals surface area contributed by atoms with Gasteiger partial charge in [-0.1, -0.05) is 66.2 Å². The third kappa shape index (κ3) is 4.08. The van der Waals surface area contributed by atoms with Gasteiger partial charge in [0.15, 0.2) is 0 Å². The molecule has 0 unspecified atom stereocenters. The summed E-state index contributed by atoms with van der Waals surface area (Å²) < 4.78 is 0. The SMILES string of the molecule is C=CCN(C(C)=O)[C@@H](Cc1ccc(C)cc1)c1ccccc1. The van der Waals surface area contributed by atoms with Crippen molar-refractivity contribution in [1.82, 2.24) is 4.90 Å². The zero-order valence-corrected chi connectivity index (χ0v) is 13.3. The van der Waals surface area contributed by atoms with Gasteiger partial charge in [-0.15, -0.1) is 6.58 Å². The van der Waals surface area contributed by atoms with Gasteiger partial charge < -0.3 is 4.90 Å². The molecular formula is C20H23NO. The van der Waals surface area contributed by atoms with Crippen molar-refractivity contribution < 1.29 is 4.79 Å². The monoisotopic (exact) mass is 293 g/mol. The molecule has 0 aliphatic carbocycles. The number of nitrogens with zero attached hydrogens (tertiary/aromatic N) is 1. The van der Waals surface area contributed by atoms with E-state index in [1.54, 1.807) is 13.0 Å². The standard InChI is InChI=1S/C20H23NO/c1-4-14-21(17(3)22)20(19-8-6-5-7-9-19)15-18-12-10-16(2)11-13-18/h4-13,20H,1,14-15H2,2-3H3/t20-/m0/s1. The molecule has 1 atom stereocenters. The Morgan fingerprint density at radius 2 is 1.77 bits per heavy atom. The Balaban J connectivity index is 2.34. The van der Waals surface area contributed by atoms with Crippen LogP contribution in [0, 0.1) is 6.92 Å². The zero-order chi connectivity index (χ0) is 15.9. The predicted molar refractivity (Wildman–Crippen MR) is 91.7 cm³/mol. The fourth-order valence-electron chi connectivity index (χ4n) is 2.64. The molecular weight excluding hydrogens is 270 g/mol. The molecule has 114 valence electrons. The Kier molecular flexibility index (Phi) is 5.54. The second kappa shape index (κ2) is 7.60. The number of carbonyl (C=O) groups excluding carboxylic acids is 1. The molecule has 0 saturated carbocycles. The van der Waals surface area contributed by atoms with Crippen molar-refractivity contribution in [3.63, 3.8) is 0 Å². The lowest BCUT2D eigenvalue weighted by molar-refractivity contribution is -0.130. The summed E-state index contributed by atoms with van der Waals surface area (Å²) in [5.74, 6) is 0.0702. The molecule has 0 aliphatic heterocycles. The minimum absolute atomic E-state index is 0.0272. The number of hydrogen-bond acceptors (Lipinski definition) is 1. The highest BCUT2D eigenvalue weighted by Crippen LogP contribution is 2.25. The highest BCUT2D eigenvalue weighted by atomic mass is 16.2. The van der Waals surface area contributed by atoms with Crippen molar-refractivity contribution in [3.8, 4) is 0 Å². The number of rotatable bonds is 6. The molecule has 2 rings (SSSR count). The minimum atomic E-state index is 0.0272. The van der Waals surface area contributed by atoms with Crippen LogP contribution in [0.25, 0.3) is 0 Å². The van der Waals surface area contributed by atoms with Crippen LogP contribution < -0.4 is 0 Å². The lowest BCUT2D eigenvalue weighted by atomic mass is 9.96. The summed E-state index contributed by atoms with van der Waals surface area (Å²) in [6.45, 7) is 8.04. The number of amides is 1. The van der Waals surface area contributed by atoms with E-state index in [4.69, 9.17) is 0 Å². The quantitative estimate of drug-likeness (QED) is 0.727. The van der Waals surface area contributed by atoms with E-state index in [1.165, 1.54) is 11.1 Å². The van der Waals surface area contributed by atoms with Crippen LogP contribution in [0.3, 0.4) is 0 Å². The molecule has 0 saturated heterocycles. The van der Waals surface area contributed by atoms with Crippen LogP contribution in [-0.4, -0.2) is 17.4 Å². The Bertz CT molecular complexity index is 616. The first-order chi connectivity index (χ1) is 10.6. The Labute approximate surface area is 133 Å². The summed E-state index contributed by atoms with van der Waals surface area (Å²) in [4.78, 5) is 13.9. The van der Waals surface area contributed by atoms with Gasteiger partial charge in [0.25, 0.3) is 0 Å². The van der Waals surface area contributed by atoms with Gasteiger partial charge in [0.1, 0.15) is 0 Å². The molecule has 0 spiro atoms. The molecule has 2 heteroatoms. The van der Waals surface area contributed by atoms with Crippen LogP contribution in [0.5, 0.6) is 0 Å². The lowest BCUT2D eigenvalue weighted by Crippen LogP contribution is -2.34. The first-order valence-corrected chi connectivity index (χ1v) is 7.60. The minimum Gasteiger partial charge on any atom is -0.332 e. The third-order valence-electron chi connectivity index (χ3n) is 3.84. The highest BCUT2D eigenvalue weighted by Gasteiger charge is 2.22. The van der Waals surface area contributed by atoms with E-state index < -0.39 is 0 Å². The van der Waals surface area contributed by atoms with Gasteiger partial charge in [0.2, 0.25) is 5.91 Å². The Hall–Kier alpha value is -2.35. The first kappa shape index (κ1) is 16.0. The molecule has 2 aromatic carbocycles. The summed E-state index contributed by atoms with van der Waals surface area (Å²) in [6.07, 6.45) is 2.59. The summed E-state index contributed by atoms with van der Waals surface area (Å²) >= 11 is 0. The normalized spacial score (nSPS) is 11.7. The van der Waals surface area contributed by atoms with Gasteiger partial charge in [0, 0.05) is 13.5 Å². The average Bonchev–Trinajstić information content (AvgIpc) is 2.53. The average molecular weight is 293 g/mol. The van der Waals surface area contributed by atoms with Crippen molar-refractivity contribution in [1.29, 1.82) is 0 Å². The topological polar surface area (TPSA) is 20.3 Å². The van der Waals surface area contributed by atoms with E-state index in [9.17, 15) is 4.79 Å². The van der Waals surface area contributed by atoms with E-state index in [1.807, 2.05) is 23.1 Å². The summed E-state index contributed by atoms with van der Waals surface area (Å²) in [5, 5.41) is 0. The van der Waals surface area contributed by atoms with Crippen LogP contribution in [0.15, 0.2) is 67.3 Å². The fraction of sp³-hybridized carbons (Fsp3) is 0.250. The molecule has 0 heterocycles. The zero-order valence-electron chi connectivity index (χ0n) is 13.3. The molecule has 22 heavy (non-hydrogen) atoms. The van der Waals surface area contributed by atoms with Crippen molar-refractivity contribution >= 4 is 5.91 Å². The third-order valence-corrected chi connectivity index (χ3v) is 3.84. The van der Waals surface area contributed by atoms with Crippen LogP contribution >= 0.6 is 0 Å². The van der Waals surface area contributed by atoms with Gasteiger partial charge in [0.05, 0.1) is 6.04 Å². The largest absolute Gasteiger partial charge is 0.332 e. The second-order valence-electron chi connectivity index (χ2n) is 5.58. The second-order valence-corrected chi connectivity index (χ2v) is 5.58. The van der Waals surface area contributed by atoms with Crippen LogP contribution in [0.2, 0.25) is 0 Å². The van der Waals surface area contributed by atoms with E-state index in [2.05, 4.69) is 49.9 Å². The van der Waals surface area contributed by atoms with Crippen LogP contribution in [-0.2, 0) is 11.2 Å². The predicted octanol–water partition coefficient (Wildman–Crippen LogP) is 4.31. The van der Waals surface area contributed by atoms with Crippen molar-refractivity contribution in [2.45, 2.75) is 26.3 Å². The fourth-order valence-corrected chi connectivity index (χ4v) is 2.64. The molecule has 0 aromatic heterocycles. The summed E-state index contributed by atoms with van der Waals surface area (Å²) in [7, 11) is 0. The highest BCUT2D eigenvalue weighted by molar-refractivity contribution is 5.74. The van der Waals surface area contributed by atoms with Gasteiger partial charge >= 0.3 is 0 Å². The maximum atomic E-state index is 12.1. The number of aryl methyl sites for hydroxylation is 1. The first-order valence-electron chi connectivity index (χ1n) is 7.60. The van der Waals surface area contributed by atoms with E-state index in [0.29, 0.717) is 6.54 Å². The molecule has 2 nitrogen and oxygen atoms in total. The molecule has 1 amide bonds. The molecule has 0 bridgehead atoms. The van der Waals surface area contributed by atoms with Crippen molar-refractivity contribution in [3.05, 3.63) is 83.9 Å². The maximum absolute atomic E-state index is 12.1. The van der Waals surface area contributed by atoms with Gasteiger partial charge in [-0.3, -0.25) is 4.79 Å². The van der Waals surface area contributed by atoms with E-state index >= 15 is 0 Å². The molecule has 0 fully saturated rings. The Morgan fingerprint density at radius 3 is 2.32 bits per heavy atom. The van der Waals surface area contributed by atoms with Crippen molar-refractivity contribution in [2.24, 2.45) is 0 Å². The van der Waals surface area contributed by atoms with E-state index in [0.717, 1.165) is 12.0 Å². The maximum Gasteiger partial charge on any atom is 0.220 e. The smallest absolute Gasteiger partial charge is 0.220 e.